The number of pyridine rings is 1. The number of aromatic nitrogens is 1. The summed E-state index contributed by atoms with van der Waals surface area (Å²) in [6, 6.07) is 14.3. The molecule has 2 aromatic rings. The molecule has 0 aliphatic carbocycles. The standard InChI is InChI=1S/C11H9N2/c12-10-6-2-1-5-9(10)11-7-3-4-8-13-11/h1-4,6-8H,12H2. The van der Waals surface area contributed by atoms with E-state index in [0.29, 0.717) is 5.69 Å². The molecule has 0 spiro atoms. The van der Waals surface area contributed by atoms with E-state index >= 15 is 0 Å². The highest BCUT2D eigenvalue weighted by atomic mass is 14.7. The van der Waals surface area contributed by atoms with Crippen molar-refractivity contribution in [3.63, 3.8) is 0 Å². The number of nitrogen functional groups attached to an aromatic ring is 1. The van der Waals surface area contributed by atoms with Gasteiger partial charge in [-0.3, -0.25) is 4.98 Å². The third-order valence-electron chi connectivity index (χ3n) is 1.81. The zero-order valence-corrected chi connectivity index (χ0v) is 7.07. The molecule has 63 valence electrons. The van der Waals surface area contributed by atoms with Crippen LogP contribution in [0.1, 0.15) is 0 Å². The molecular weight excluding hydrogens is 160 g/mol. The van der Waals surface area contributed by atoms with E-state index in [1.165, 1.54) is 0 Å². The summed E-state index contributed by atoms with van der Waals surface area (Å²) in [5.74, 6) is 0. The highest BCUT2D eigenvalue weighted by molar-refractivity contribution is 5.72. The van der Waals surface area contributed by atoms with Gasteiger partial charge in [-0.15, -0.1) is 0 Å². The van der Waals surface area contributed by atoms with Crippen molar-refractivity contribution in [2.75, 3.05) is 5.73 Å². The number of nitrogens with two attached hydrogens (primary N) is 1. The van der Waals surface area contributed by atoms with Crippen molar-refractivity contribution in [2.45, 2.75) is 0 Å². The van der Waals surface area contributed by atoms with Crippen molar-refractivity contribution >= 4 is 5.69 Å². The molecule has 2 heteroatoms. The summed E-state index contributed by atoms with van der Waals surface area (Å²) in [7, 11) is 0. The van der Waals surface area contributed by atoms with Crippen LogP contribution >= 0.6 is 0 Å². The van der Waals surface area contributed by atoms with Crippen molar-refractivity contribution in [3.8, 4) is 11.3 Å². The first-order valence-corrected chi connectivity index (χ1v) is 4.05. The first-order chi connectivity index (χ1) is 6.38. The molecule has 0 aliphatic rings. The molecule has 2 rings (SSSR count). The zero-order chi connectivity index (χ0) is 9.10. The fourth-order valence-corrected chi connectivity index (χ4v) is 1.18. The Balaban J connectivity index is 2.54. The van der Waals surface area contributed by atoms with Crippen LogP contribution in [0.25, 0.3) is 11.3 Å². The minimum atomic E-state index is 0.709. The van der Waals surface area contributed by atoms with Crippen LogP contribution in [0.3, 0.4) is 0 Å². The lowest BCUT2D eigenvalue weighted by Gasteiger charge is -2.02. The highest BCUT2D eigenvalue weighted by Gasteiger charge is 2.00. The highest BCUT2D eigenvalue weighted by Crippen LogP contribution is 2.21. The van der Waals surface area contributed by atoms with Gasteiger partial charge in [-0.1, -0.05) is 18.2 Å². The summed E-state index contributed by atoms with van der Waals surface area (Å²) in [6.07, 6.45) is 1.75. The van der Waals surface area contributed by atoms with Gasteiger partial charge in [0.05, 0.1) is 5.69 Å². The Morgan fingerprint density at radius 1 is 1.15 bits per heavy atom. The second kappa shape index (κ2) is 3.27. The molecule has 13 heavy (non-hydrogen) atoms. The molecule has 1 aromatic heterocycles. The maximum absolute atomic E-state index is 5.78. The molecule has 1 radical (unpaired) electrons. The molecule has 0 saturated heterocycles. The van der Waals surface area contributed by atoms with E-state index in [2.05, 4.69) is 11.1 Å². The van der Waals surface area contributed by atoms with Crippen molar-refractivity contribution in [3.05, 3.63) is 48.7 Å². The van der Waals surface area contributed by atoms with Gasteiger partial charge in [0.1, 0.15) is 0 Å². The third-order valence-corrected chi connectivity index (χ3v) is 1.81. The lowest BCUT2D eigenvalue weighted by atomic mass is 10.1. The average Bonchev–Trinajstić information content (AvgIpc) is 2.20. The van der Waals surface area contributed by atoms with E-state index in [0.717, 1.165) is 11.3 Å². The Hall–Kier alpha value is -1.83. The normalized spacial score (nSPS) is 9.85. The molecule has 0 saturated carbocycles. The molecule has 0 amide bonds. The summed E-state index contributed by atoms with van der Waals surface area (Å²) in [4.78, 5) is 4.20. The monoisotopic (exact) mass is 169 g/mol. The maximum atomic E-state index is 5.78. The van der Waals surface area contributed by atoms with Gasteiger partial charge in [-0.05, 0) is 24.3 Å². The SMILES string of the molecule is Nc1ccc[c]c1-c1ccccn1. The summed E-state index contributed by atoms with van der Waals surface area (Å²) in [6.45, 7) is 0. The molecule has 2 N–H and O–H groups in total. The minimum absolute atomic E-state index is 0.709. The predicted molar refractivity (Wildman–Crippen MR) is 52.9 cm³/mol. The fourth-order valence-electron chi connectivity index (χ4n) is 1.18. The lowest BCUT2D eigenvalue weighted by molar-refractivity contribution is 1.33. The number of hydrogen-bond acceptors (Lipinski definition) is 2. The Morgan fingerprint density at radius 2 is 2.08 bits per heavy atom. The van der Waals surface area contributed by atoms with Gasteiger partial charge in [0, 0.05) is 17.4 Å². The van der Waals surface area contributed by atoms with Crippen LogP contribution < -0.4 is 5.73 Å². The van der Waals surface area contributed by atoms with Gasteiger partial charge in [0.25, 0.3) is 0 Å². The Morgan fingerprint density at radius 3 is 2.77 bits per heavy atom. The van der Waals surface area contributed by atoms with E-state index in [-0.39, 0.29) is 0 Å². The van der Waals surface area contributed by atoms with Gasteiger partial charge in [0.2, 0.25) is 0 Å². The van der Waals surface area contributed by atoms with E-state index in [9.17, 15) is 0 Å². The van der Waals surface area contributed by atoms with E-state index < -0.39 is 0 Å². The fraction of sp³-hybridized carbons (Fsp3) is 0. The Bertz CT molecular complexity index is 396. The van der Waals surface area contributed by atoms with Crippen LogP contribution in [0.4, 0.5) is 5.69 Å². The van der Waals surface area contributed by atoms with Crippen LogP contribution in [0, 0.1) is 6.07 Å². The average molecular weight is 169 g/mol. The quantitative estimate of drug-likeness (QED) is 0.664. The number of benzene rings is 1. The Labute approximate surface area is 77.0 Å². The molecule has 2 nitrogen and oxygen atoms in total. The second-order valence-corrected chi connectivity index (χ2v) is 2.72. The van der Waals surface area contributed by atoms with Crippen LogP contribution in [0.2, 0.25) is 0 Å². The van der Waals surface area contributed by atoms with Crippen LogP contribution in [0.5, 0.6) is 0 Å². The minimum Gasteiger partial charge on any atom is -0.398 e. The summed E-state index contributed by atoms with van der Waals surface area (Å²) in [5.41, 5.74) is 8.22. The molecule has 0 unspecified atom stereocenters. The Kier molecular flexibility index (Phi) is 1.96. The zero-order valence-electron chi connectivity index (χ0n) is 7.07. The molecular formula is C11H9N2. The summed E-state index contributed by atoms with van der Waals surface area (Å²) in [5, 5.41) is 0. The van der Waals surface area contributed by atoms with Crippen molar-refractivity contribution in [2.24, 2.45) is 0 Å². The molecule has 0 atom stereocenters. The van der Waals surface area contributed by atoms with Gasteiger partial charge < -0.3 is 5.73 Å². The van der Waals surface area contributed by atoms with Crippen LogP contribution in [0.15, 0.2) is 42.6 Å². The molecule has 0 bridgehead atoms. The largest absolute Gasteiger partial charge is 0.398 e. The van der Waals surface area contributed by atoms with E-state index in [1.54, 1.807) is 6.20 Å². The predicted octanol–water partition coefficient (Wildman–Crippen LogP) is 2.13. The molecule has 1 heterocycles. The van der Waals surface area contributed by atoms with Crippen LogP contribution in [-0.2, 0) is 0 Å². The van der Waals surface area contributed by atoms with Crippen LogP contribution in [-0.4, -0.2) is 4.98 Å². The smallest absolute Gasteiger partial charge is 0.0728 e. The third kappa shape index (κ3) is 1.51. The van der Waals surface area contributed by atoms with Crippen molar-refractivity contribution < 1.29 is 0 Å². The van der Waals surface area contributed by atoms with Crippen molar-refractivity contribution in [1.29, 1.82) is 0 Å². The van der Waals surface area contributed by atoms with Gasteiger partial charge in [0.15, 0.2) is 0 Å². The van der Waals surface area contributed by atoms with Gasteiger partial charge >= 0.3 is 0 Å². The summed E-state index contributed by atoms with van der Waals surface area (Å²) < 4.78 is 0. The van der Waals surface area contributed by atoms with E-state index in [1.807, 2.05) is 36.4 Å². The number of anilines is 1. The molecule has 1 aromatic carbocycles. The molecule has 0 aliphatic heterocycles. The lowest BCUT2D eigenvalue weighted by Crippen LogP contribution is -1.90. The maximum Gasteiger partial charge on any atom is 0.0728 e. The van der Waals surface area contributed by atoms with E-state index in [4.69, 9.17) is 5.73 Å². The number of hydrogen-bond donors (Lipinski definition) is 1. The molecule has 0 fully saturated rings. The van der Waals surface area contributed by atoms with Gasteiger partial charge in [-0.2, -0.15) is 0 Å². The number of rotatable bonds is 1. The first kappa shape index (κ1) is 7.80. The second-order valence-electron chi connectivity index (χ2n) is 2.72. The topological polar surface area (TPSA) is 38.9 Å². The first-order valence-electron chi connectivity index (χ1n) is 4.05. The van der Waals surface area contributed by atoms with Gasteiger partial charge in [-0.25, -0.2) is 0 Å². The summed E-state index contributed by atoms with van der Waals surface area (Å²) >= 11 is 0. The van der Waals surface area contributed by atoms with Crippen molar-refractivity contribution in [1.82, 2.24) is 4.98 Å². The number of nitrogens with zero attached hydrogens (tertiary/aromatic N) is 1.